The number of nitrogens with one attached hydrogen (secondary N) is 1. The molecular formula is C20H20F3N5. The third-order valence-corrected chi connectivity index (χ3v) is 5.07. The van der Waals surface area contributed by atoms with Gasteiger partial charge in [-0.1, -0.05) is 6.07 Å². The van der Waals surface area contributed by atoms with Gasteiger partial charge in [-0.25, -0.2) is 13.2 Å². The largest absolute Gasteiger partial charge is 0.309 e. The van der Waals surface area contributed by atoms with Gasteiger partial charge in [0.15, 0.2) is 5.82 Å². The molecule has 2 unspecified atom stereocenters. The van der Waals surface area contributed by atoms with Crippen LogP contribution >= 0.6 is 0 Å². The monoisotopic (exact) mass is 387 g/mol. The van der Waals surface area contributed by atoms with Gasteiger partial charge in [0, 0.05) is 36.8 Å². The number of hydrogen-bond donors (Lipinski definition) is 1. The fourth-order valence-corrected chi connectivity index (χ4v) is 3.53. The molecule has 0 saturated carbocycles. The molecule has 8 heteroatoms. The van der Waals surface area contributed by atoms with Crippen LogP contribution < -0.4 is 5.32 Å². The molecule has 0 radical (unpaired) electrons. The van der Waals surface area contributed by atoms with Crippen LogP contribution in [0.15, 0.2) is 42.6 Å². The summed E-state index contributed by atoms with van der Waals surface area (Å²) in [6.45, 7) is 2.67. The highest BCUT2D eigenvalue weighted by Crippen LogP contribution is 2.25. The van der Waals surface area contributed by atoms with Crippen molar-refractivity contribution < 1.29 is 13.2 Å². The summed E-state index contributed by atoms with van der Waals surface area (Å²) in [4.78, 5) is 3.84. The average molecular weight is 387 g/mol. The Kier molecular flexibility index (Phi) is 5.13. The quantitative estimate of drug-likeness (QED) is 0.717. The summed E-state index contributed by atoms with van der Waals surface area (Å²) in [7, 11) is 0. The zero-order valence-electron chi connectivity index (χ0n) is 15.3. The van der Waals surface area contributed by atoms with Crippen LogP contribution in [0.5, 0.6) is 0 Å². The van der Waals surface area contributed by atoms with Gasteiger partial charge >= 0.3 is 0 Å². The number of nitrogens with zero attached hydrogens (tertiary/aromatic N) is 4. The summed E-state index contributed by atoms with van der Waals surface area (Å²) in [5.41, 5.74) is 1.46. The number of benzene rings is 1. The third kappa shape index (κ3) is 3.77. The minimum absolute atomic E-state index is 0.0310. The second-order valence-corrected chi connectivity index (χ2v) is 7.00. The van der Waals surface area contributed by atoms with Crippen LogP contribution in [0.4, 0.5) is 13.2 Å². The molecule has 28 heavy (non-hydrogen) atoms. The maximum atomic E-state index is 13.2. The molecule has 3 heterocycles. The molecule has 2 atom stereocenters. The smallest absolute Gasteiger partial charge is 0.280 e. The highest BCUT2D eigenvalue weighted by atomic mass is 19.3. The van der Waals surface area contributed by atoms with Crippen molar-refractivity contribution in [1.29, 1.82) is 0 Å². The average Bonchev–Trinajstić information content (AvgIpc) is 3.12. The van der Waals surface area contributed by atoms with Gasteiger partial charge in [0.25, 0.3) is 6.43 Å². The van der Waals surface area contributed by atoms with Crippen LogP contribution in [0.3, 0.4) is 0 Å². The Labute approximate surface area is 160 Å². The molecule has 2 aromatic heterocycles. The van der Waals surface area contributed by atoms with E-state index in [1.807, 2.05) is 6.92 Å². The number of aromatic nitrogens is 4. The van der Waals surface area contributed by atoms with Crippen molar-refractivity contribution in [2.24, 2.45) is 0 Å². The molecule has 0 bridgehead atoms. The van der Waals surface area contributed by atoms with Crippen LogP contribution in [0, 0.1) is 5.82 Å². The molecule has 0 aliphatic carbocycles. The van der Waals surface area contributed by atoms with E-state index in [-0.39, 0.29) is 23.6 Å². The van der Waals surface area contributed by atoms with Gasteiger partial charge in [-0.3, -0.25) is 4.98 Å². The van der Waals surface area contributed by atoms with Crippen molar-refractivity contribution in [3.8, 4) is 11.4 Å². The summed E-state index contributed by atoms with van der Waals surface area (Å²) in [6, 6.07) is 9.41. The van der Waals surface area contributed by atoms with E-state index in [1.165, 1.54) is 24.4 Å². The third-order valence-electron chi connectivity index (χ3n) is 5.07. The highest BCUT2D eigenvalue weighted by molar-refractivity contribution is 5.55. The lowest BCUT2D eigenvalue weighted by molar-refractivity contribution is 0.146. The molecule has 4 rings (SSSR count). The molecule has 146 valence electrons. The Bertz CT molecular complexity index is 937. The fourth-order valence-electron chi connectivity index (χ4n) is 3.53. The number of rotatable bonds is 5. The van der Waals surface area contributed by atoms with Gasteiger partial charge in [-0.15, -0.1) is 10.2 Å². The van der Waals surface area contributed by atoms with Crippen LogP contribution in [0.25, 0.3) is 11.4 Å². The maximum absolute atomic E-state index is 13.2. The fraction of sp³-hybridized carbons (Fsp3) is 0.350. The van der Waals surface area contributed by atoms with Crippen molar-refractivity contribution in [2.45, 2.75) is 44.8 Å². The van der Waals surface area contributed by atoms with Crippen molar-refractivity contribution in [2.75, 3.05) is 0 Å². The molecule has 0 saturated heterocycles. The van der Waals surface area contributed by atoms with E-state index in [1.54, 1.807) is 18.2 Å². The first-order valence-electron chi connectivity index (χ1n) is 9.19. The number of hydrogen-bond acceptors (Lipinski definition) is 4. The van der Waals surface area contributed by atoms with E-state index < -0.39 is 6.43 Å². The molecule has 0 fully saturated rings. The molecule has 1 aliphatic heterocycles. The molecular weight excluding hydrogens is 367 g/mol. The van der Waals surface area contributed by atoms with Crippen LogP contribution in [0.2, 0.25) is 0 Å². The Hall–Kier alpha value is -2.74. The predicted molar refractivity (Wildman–Crippen MR) is 98.3 cm³/mol. The van der Waals surface area contributed by atoms with Gasteiger partial charge in [0.05, 0.1) is 0 Å². The molecule has 0 spiro atoms. The van der Waals surface area contributed by atoms with Crippen LogP contribution in [-0.2, 0) is 13.0 Å². The minimum atomic E-state index is -2.56. The molecule has 3 aromatic rings. The standard InChI is InChI=1S/C20H20F3N5/c1-12(14-4-8-17(19(22)23)24-10-14)25-16-7-9-18-26-27-20(28(18)11-16)13-2-5-15(21)6-3-13/h2-6,8,10,12,16,19,25H,7,9,11H2,1H3. The summed E-state index contributed by atoms with van der Waals surface area (Å²) < 4.78 is 40.6. The zero-order valence-corrected chi connectivity index (χ0v) is 15.3. The predicted octanol–water partition coefficient (Wildman–Crippen LogP) is 4.08. The first-order chi connectivity index (χ1) is 13.5. The molecule has 1 aliphatic rings. The second-order valence-electron chi connectivity index (χ2n) is 7.00. The van der Waals surface area contributed by atoms with Gasteiger partial charge < -0.3 is 9.88 Å². The number of alkyl halides is 2. The lowest BCUT2D eigenvalue weighted by Crippen LogP contribution is -2.39. The Morgan fingerprint density at radius 1 is 1.11 bits per heavy atom. The normalized spacial score (nSPS) is 17.5. The second kappa shape index (κ2) is 7.71. The van der Waals surface area contributed by atoms with Crippen molar-refractivity contribution >= 4 is 0 Å². The topological polar surface area (TPSA) is 55.6 Å². The Morgan fingerprint density at radius 3 is 2.57 bits per heavy atom. The minimum Gasteiger partial charge on any atom is -0.309 e. The summed E-state index contributed by atoms with van der Waals surface area (Å²) in [5.74, 6) is 1.34. The molecule has 1 N–H and O–H groups in total. The zero-order chi connectivity index (χ0) is 19.7. The SMILES string of the molecule is CC(NC1CCc2nnc(-c3ccc(F)cc3)n2C1)c1ccc(C(F)F)nc1. The summed E-state index contributed by atoms with van der Waals surface area (Å²) in [6.07, 6.45) is 0.610. The van der Waals surface area contributed by atoms with E-state index in [9.17, 15) is 13.2 Å². The Morgan fingerprint density at radius 2 is 1.89 bits per heavy atom. The highest BCUT2D eigenvalue weighted by Gasteiger charge is 2.25. The molecule has 5 nitrogen and oxygen atoms in total. The van der Waals surface area contributed by atoms with Gasteiger partial charge in [-0.2, -0.15) is 0 Å². The van der Waals surface area contributed by atoms with E-state index in [2.05, 4.69) is 25.1 Å². The maximum Gasteiger partial charge on any atom is 0.280 e. The Balaban J connectivity index is 1.48. The summed E-state index contributed by atoms with van der Waals surface area (Å²) in [5, 5.41) is 12.1. The number of aryl methyl sites for hydroxylation is 1. The number of pyridine rings is 1. The first kappa shape index (κ1) is 18.6. The van der Waals surface area contributed by atoms with E-state index in [0.29, 0.717) is 6.54 Å². The van der Waals surface area contributed by atoms with Crippen LogP contribution in [-0.4, -0.2) is 25.8 Å². The van der Waals surface area contributed by atoms with E-state index in [0.717, 1.165) is 35.6 Å². The van der Waals surface area contributed by atoms with E-state index in [4.69, 9.17) is 0 Å². The molecule has 1 aromatic carbocycles. The first-order valence-corrected chi connectivity index (χ1v) is 9.19. The molecule has 0 amide bonds. The van der Waals surface area contributed by atoms with Gasteiger partial charge in [0.1, 0.15) is 17.3 Å². The van der Waals surface area contributed by atoms with Crippen molar-refractivity contribution in [1.82, 2.24) is 25.1 Å². The van der Waals surface area contributed by atoms with Gasteiger partial charge in [0.2, 0.25) is 0 Å². The van der Waals surface area contributed by atoms with Gasteiger partial charge in [-0.05, 0) is 49.2 Å². The summed E-state index contributed by atoms with van der Waals surface area (Å²) >= 11 is 0. The van der Waals surface area contributed by atoms with Crippen LogP contribution in [0.1, 0.15) is 42.9 Å². The van der Waals surface area contributed by atoms with Crippen molar-refractivity contribution in [3.63, 3.8) is 0 Å². The van der Waals surface area contributed by atoms with Crippen molar-refractivity contribution in [3.05, 3.63) is 65.5 Å². The lowest BCUT2D eigenvalue weighted by Gasteiger charge is -2.28. The number of fused-ring (bicyclic) bond motifs is 1. The van der Waals surface area contributed by atoms with E-state index >= 15 is 0 Å². The number of halogens is 3. The lowest BCUT2D eigenvalue weighted by atomic mass is 10.0.